The first-order valence-electron chi connectivity index (χ1n) is 5.38. The van der Waals surface area contributed by atoms with Crippen LogP contribution in [0.15, 0.2) is 42.5 Å². The van der Waals surface area contributed by atoms with Gasteiger partial charge in [0.25, 0.3) is 0 Å². The maximum Gasteiger partial charge on any atom is 0.128 e. The summed E-state index contributed by atoms with van der Waals surface area (Å²) in [6, 6.07) is 12.7. The van der Waals surface area contributed by atoms with Crippen molar-refractivity contribution in [3.63, 3.8) is 0 Å². The van der Waals surface area contributed by atoms with Gasteiger partial charge < -0.3 is 15.3 Å². The number of aliphatic hydroxyl groups excluding tert-OH is 2. The van der Waals surface area contributed by atoms with E-state index in [-0.39, 0.29) is 19.0 Å². The van der Waals surface area contributed by atoms with Crippen LogP contribution in [0.1, 0.15) is 11.1 Å². The Labute approximate surface area is 99.6 Å². The van der Waals surface area contributed by atoms with Crippen LogP contribution in [0.4, 0.5) is 0 Å². The lowest BCUT2D eigenvalue weighted by atomic mass is 9.98. The maximum absolute atomic E-state index is 10.0. The van der Waals surface area contributed by atoms with Gasteiger partial charge in [-0.15, -0.1) is 0 Å². The second-order valence-corrected chi connectivity index (χ2v) is 3.83. The summed E-state index contributed by atoms with van der Waals surface area (Å²) in [6.45, 7) is -0.368. The molecule has 0 aromatic heterocycles. The number of phenols is 1. The number of benzene rings is 2. The third-order valence-electron chi connectivity index (χ3n) is 2.69. The van der Waals surface area contributed by atoms with Crippen LogP contribution >= 0.6 is 0 Å². The van der Waals surface area contributed by atoms with E-state index in [1.807, 2.05) is 30.3 Å². The first kappa shape index (κ1) is 11.6. The molecule has 0 saturated carbocycles. The molecule has 0 aliphatic heterocycles. The molecule has 3 heteroatoms. The van der Waals surface area contributed by atoms with Crippen molar-refractivity contribution in [3.8, 4) is 16.9 Å². The van der Waals surface area contributed by atoms with Gasteiger partial charge in [0.2, 0.25) is 0 Å². The van der Waals surface area contributed by atoms with Crippen LogP contribution in [0.2, 0.25) is 0 Å². The van der Waals surface area contributed by atoms with Crippen molar-refractivity contribution in [3.05, 3.63) is 53.6 Å². The molecule has 0 saturated heterocycles. The van der Waals surface area contributed by atoms with Gasteiger partial charge in [-0.05, 0) is 23.3 Å². The molecule has 2 aromatic rings. The molecule has 0 aliphatic rings. The molecule has 3 N–H and O–H groups in total. The van der Waals surface area contributed by atoms with E-state index >= 15 is 0 Å². The molecule has 3 nitrogen and oxygen atoms in total. The quantitative estimate of drug-likeness (QED) is 0.756. The molecule has 0 bridgehead atoms. The lowest BCUT2D eigenvalue weighted by molar-refractivity contribution is 0.271. The molecule has 0 spiro atoms. The van der Waals surface area contributed by atoms with Gasteiger partial charge in [0.15, 0.2) is 0 Å². The molecule has 0 fully saturated rings. The van der Waals surface area contributed by atoms with Crippen LogP contribution in [-0.2, 0) is 13.2 Å². The van der Waals surface area contributed by atoms with Gasteiger partial charge in [0.1, 0.15) is 5.75 Å². The molecular formula is C14H14O3. The zero-order valence-electron chi connectivity index (χ0n) is 9.30. The van der Waals surface area contributed by atoms with Crippen molar-refractivity contribution in [1.29, 1.82) is 0 Å². The first-order valence-corrected chi connectivity index (χ1v) is 5.38. The Balaban J connectivity index is 2.60. The minimum atomic E-state index is -0.250. The van der Waals surface area contributed by atoms with E-state index in [9.17, 15) is 5.11 Å². The smallest absolute Gasteiger partial charge is 0.128 e. The molecule has 0 radical (unpaired) electrons. The van der Waals surface area contributed by atoms with Crippen molar-refractivity contribution < 1.29 is 15.3 Å². The van der Waals surface area contributed by atoms with Gasteiger partial charge in [0.05, 0.1) is 13.2 Å². The third kappa shape index (κ3) is 2.30. The van der Waals surface area contributed by atoms with E-state index in [4.69, 9.17) is 10.2 Å². The van der Waals surface area contributed by atoms with E-state index in [0.717, 1.165) is 5.56 Å². The lowest BCUT2D eigenvalue weighted by Gasteiger charge is -2.11. The van der Waals surface area contributed by atoms with E-state index in [0.29, 0.717) is 16.7 Å². The second kappa shape index (κ2) is 4.99. The van der Waals surface area contributed by atoms with E-state index in [2.05, 4.69) is 0 Å². The highest BCUT2D eigenvalue weighted by Crippen LogP contribution is 2.33. The number of hydrogen-bond acceptors (Lipinski definition) is 3. The molecule has 2 rings (SSSR count). The van der Waals surface area contributed by atoms with Crippen molar-refractivity contribution in [1.82, 2.24) is 0 Å². The lowest BCUT2D eigenvalue weighted by Crippen LogP contribution is -1.92. The summed E-state index contributed by atoms with van der Waals surface area (Å²) in [5.74, 6) is 0.0656. The van der Waals surface area contributed by atoms with E-state index < -0.39 is 0 Å². The van der Waals surface area contributed by atoms with Crippen molar-refractivity contribution in [2.75, 3.05) is 0 Å². The van der Waals surface area contributed by atoms with Crippen LogP contribution in [0.3, 0.4) is 0 Å². The van der Waals surface area contributed by atoms with Crippen LogP contribution in [0, 0.1) is 0 Å². The van der Waals surface area contributed by atoms with Crippen LogP contribution in [0.5, 0.6) is 5.75 Å². The van der Waals surface area contributed by atoms with Gasteiger partial charge >= 0.3 is 0 Å². The highest BCUT2D eigenvalue weighted by molar-refractivity contribution is 5.72. The van der Waals surface area contributed by atoms with E-state index in [1.54, 1.807) is 12.1 Å². The van der Waals surface area contributed by atoms with Gasteiger partial charge in [-0.25, -0.2) is 0 Å². The first-order chi connectivity index (χ1) is 8.26. The van der Waals surface area contributed by atoms with Gasteiger partial charge in [0, 0.05) is 11.1 Å². The molecule has 0 aliphatic carbocycles. The molecule has 0 unspecified atom stereocenters. The molecule has 0 amide bonds. The molecule has 17 heavy (non-hydrogen) atoms. The van der Waals surface area contributed by atoms with Crippen molar-refractivity contribution in [2.24, 2.45) is 0 Å². The normalized spacial score (nSPS) is 10.5. The molecular weight excluding hydrogens is 216 g/mol. The fourth-order valence-electron chi connectivity index (χ4n) is 1.81. The highest BCUT2D eigenvalue weighted by Gasteiger charge is 2.10. The SMILES string of the molecule is OCc1cc(CO)c(O)c(-c2ccccc2)c1. The molecule has 88 valence electrons. The maximum atomic E-state index is 10.0. The average Bonchev–Trinajstić information content (AvgIpc) is 2.40. The predicted molar refractivity (Wildman–Crippen MR) is 65.4 cm³/mol. The molecule has 0 atom stereocenters. The Hall–Kier alpha value is -1.84. The zero-order chi connectivity index (χ0) is 12.3. The standard InChI is InChI=1S/C14H14O3/c15-8-10-6-12(9-16)14(17)13(7-10)11-4-2-1-3-5-11/h1-7,15-17H,8-9H2. The number of hydrogen-bond donors (Lipinski definition) is 3. The number of aromatic hydroxyl groups is 1. The van der Waals surface area contributed by atoms with E-state index in [1.165, 1.54) is 0 Å². The second-order valence-electron chi connectivity index (χ2n) is 3.83. The number of aliphatic hydroxyl groups is 2. The predicted octanol–water partition coefficient (Wildman–Crippen LogP) is 2.04. The van der Waals surface area contributed by atoms with Crippen molar-refractivity contribution in [2.45, 2.75) is 13.2 Å². The fourth-order valence-corrected chi connectivity index (χ4v) is 1.81. The summed E-state index contributed by atoms with van der Waals surface area (Å²) in [6.07, 6.45) is 0. The molecule has 0 heterocycles. The summed E-state index contributed by atoms with van der Waals surface area (Å²) in [7, 11) is 0. The van der Waals surface area contributed by atoms with Gasteiger partial charge in [-0.2, -0.15) is 0 Å². The Kier molecular flexibility index (Phi) is 3.42. The van der Waals surface area contributed by atoms with Crippen LogP contribution in [0.25, 0.3) is 11.1 Å². The Bertz CT molecular complexity index is 506. The van der Waals surface area contributed by atoms with Gasteiger partial charge in [-0.1, -0.05) is 30.3 Å². The summed E-state index contributed by atoms with van der Waals surface area (Å²) in [5.41, 5.74) is 2.58. The van der Waals surface area contributed by atoms with Gasteiger partial charge in [-0.3, -0.25) is 0 Å². The number of rotatable bonds is 3. The minimum absolute atomic E-state index is 0.0656. The summed E-state index contributed by atoms with van der Waals surface area (Å²) in [4.78, 5) is 0. The topological polar surface area (TPSA) is 60.7 Å². The molecule has 2 aromatic carbocycles. The summed E-state index contributed by atoms with van der Waals surface area (Å²) in [5, 5.41) is 28.3. The van der Waals surface area contributed by atoms with Crippen LogP contribution in [-0.4, -0.2) is 15.3 Å². The zero-order valence-corrected chi connectivity index (χ0v) is 9.30. The average molecular weight is 230 g/mol. The largest absolute Gasteiger partial charge is 0.507 e. The Morgan fingerprint density at radius 2 is 1.59 bits per heavy atom. The summed E-state index contributed by atoms with van der Waals surface area (Å²) < 4.78 is 0. The third-order valence-corrected chi connectivity index (χ3v) is 2.69. The summed E-state index contributed by atoms with van der Waals surface area (Å²) >= 11 is 0. The Morgan fingerprint density at radius 1 is 0.882 bits per heavy atom. The van der Waals surface area contributed by atoms with Crippen LogP contribution < -0.4 is 0 Å². The highest BCUT2D eigenvalue weighted by atomic mass is 16.3. The Morgan fingerprint density at radius 3 is 2.18 bits per heavy atom. The van der Waals surface area contributed by atoms with Crippen molar-refractivity contribution >= 4 is 0 Å². The minimum Gasteiger partial charge on any atom is -0.507 e. The fraction of sp³-hybridized carbons (Fsp3) is 0.143. The monoisotopic (exact) mass is 230 g/mol.